The van der Waals surface area contributed by atoms with Crippen LogP contribution in [0.15, 0.2) is 29.1 Å². The van der Waals surface area contributed by atoms with Crippen molar-refractivity contribution in [2.24, 2.45) is 5.92 Å². The molecule has 1 amide bonds. The van der Waals surface area contributed by atoms with Crippen molar-refractivity contribution in [1.29, 1.82) is 0 Å². The Labute approximate surface area is 157 Å². The Bertz CT molecular complexity index is 866. The number of para-hydroxylation sites is 2. The molecule has 7 heteroatoms. The summed E-state index contributed by atoms with van der Waals surface area (Å²) in [6, 6.07) is 6.65. The van der Waals surface area contributed by atoms with Gasteiger partial charge in [-0.1, -0.05) is 25.0 Å². The normalized spacial score (nSPS) is 24.2. The van der Waals surface area contributed by atoms with Gasteiger partial charge < -0.3 is 15.2 Å². The average molecular weight is 373 g/mol. The number of carbonyl (C=O) groups excluding carboxylic acids is 1. The highest BCUT2D eigenvalue weighted by atomic mass is 16.5. The zero-order valence-corrected chi connectivity index (χ0v) is 15.5. The summed E-state index contributed by atoms with van der Waals surface area (Å²) < 4.78 is 8.34. The summed E-state index contributed by atoms with van der Waals surface area (Å²) in [4.78, 5) is 26.0. The third-order valence-electron chi connectivity index (χ3n) is 5.86. The van der Waals surface area contributed by atoms with Crippen molar-refractivity contribution >= 4 is 17.1 Å². The van der Waals surface area contributed by atoms with Gasteiger partial charge in [0.05, 0.1) is 23.2 Å². The molecule has 2 fully saturated rings. The van der Waals surface area contributed by atoms with E-state index in [0.717, 1.165) is 50.8 Å². The van der Waals surface area contributed by atoms with Gasteiger partial charge in [0.15, 0.2) is 0 Å². The Morgan fingerprint density at radius 3 is 2.56 bits per heavy atom. The summed E-state index contributed by atoms with van der Waals surface area (Å²) in [5, 5.41) is 13.0. The van der Waals surface area contributed by atoms with Crippen LogP contribution in [0.25, 0.3) is 11.0 Å². The second kappa shape index (κ2) is 7.86. The molecule has 7 nitrogen and oxygen atoms in total. The number of rotatable bonds is 3. The van der Waals surface area contributed by atoms with Crippen molar-refractivity contribution in [2.45, 2.75) is 57.2 Å². The van der Waals surface area contributed by atoms with Crippen LogP contribution < -0.4 is 11.0 Å². The first-order valence-corrected chi connectivity index (χ1v) is 9.92. The van der Waals surface area contributed by atoms with Gasteiger partial charge >= 0.3 is 11.7 Å². The van der Waals surface area contributed by atoms with Crippen molar-refractivity contribution in [1.82, 2.24) is 14.5 Å². The van der Waals surface area contributed by atoms with Gasteiger partial charge in [0.1, 0.15) is 0 Å². The number of carbonyl (C=O) groups is 1. The van der Waals surface area contributed by atoms with E-state index in [9.17, 15) is 14.7 Å². The molecule has 1 saturated heterocycles. The van der Waals surface area contributed by atoms with Crippen LogP contribution in [-0.4, -0.2) is 45.6 Å². The highest BCUT2D eigenvalue weighted by molar-refractivity contribution is 5.89. The van der Waals surface area contributed by atoms with E-state index < -0.39 is 12.1 Å². The molecule has 1 aliphatic heterocycles. The molecule has 1 aliphatic carbocycles. The molecule has 1 aromatic heterocycles. The number of aliphatic hydroxyl groups excluding tert-OH is 1. The number of fused-ring (bicyclic) bond motifs is 1. The zero-order valence-electron chi connectivity index (χ0n) is 15.5. The molecule has 1 saturated carbocycles. The largest absolute Gasteiger partial charge is 0.391 e. The maximum atomic E-state index is 13.1. The third-order valence-corrected chi connectivity index (χ3v) is 5.86. The van der Waals surface area contributed by atoms with Gasteiger partial charge in [0, 0.05) is 19.8 Å². The molecule has 27 heavy (non-hydrogen) atoms. The predicted molar refractivity (Wildman–Crippen MR) is 102 cm³/mol. The second-order valence-corrected chi connectivity index (χ2v) is 7.68. The molecule has 0 unspecified atom stereocenters. The number of aromatic nitrogens is 2. The van der Waals surface area contributed by atoms with Gasteiger partial charge in [0.25, 0.3) is 0 Å². The molecule has 1 aromatic carbocycles. The number of ether oxygens (including phenoxy) is 1. The quantitative estimate of drug-likeness (QED) is 0.863. The molecule has 2 N–H and O–H groups in total. The molecule has 2 heterocycles. The molecule has 4 rings (SSSR count). The molecule has 2 aromatic rings. The lowest BCUT2D eigenvalue weighted by Gasteiger charge is -2.28. The van der Waals surface area contributed by atoms with E-state index in [1.165, 1.54) is 4.57 Å². The monoisotopic (exact) mass is 373 g/mol. The van der Waals surface area contributed by atoms with E-state index in [2.05, 4.69) is 5.32 Å². The zero-order chi connectivity index (χ0) is 18.8. The number of hydrogen-bond acceptors (Lipinski definition) is 4. The van der Waals surface area contributed by atoms with Crippen LogP contribution in [0.2, 0.25) is 0 Å². The van der Waals surface area contributed by atoms with Crippen LogP contribution in [0.3, 0.4) is 0 Å². The molecule has 146 valence electrons. The fourth-order valence-electron chi connectivity index (χ4n) is 4.27. The van der Waals surface area contributed by atoms with Crippen molar-refractivity contribution in [3.8, 4) is 0 Å². The summed E-state index contributed by atoms with van der Waals surface area (Å²) in [6.45, 7) is 2.03. The van der Waals surface area contributed by atoms with Crippen LogP contribution in [0.5, 0.6) is 0 Å². The van der Waals surface area contributed by atoms with E-state index in [0.29, 0.717) is 24.4 Å². The van der Waals surface area contributed by atoms with Crippen LogP contribution in [-0.2, 0) is 11.3 Å². The Kier molecular flexibility index (Phi) is 5.31. The summed E-state index contributed by atoms with van der Waals surface area (Å²) in [5.41, 5.74) is 1.07. The van der Waals surface area contributed by atoms with E-state index in [-0.39, 0.29) is 11.7 Å². The molecule has 0 radical (unpaired) electrons. The molecular weight excluding hydrogens is 346 g/mol. The van der Waals surface area contributed by atoms with Gasteiger partial charge in [-0.3, -0.25) is 4.57 Å². The van der Waals surface area contributed by atoms with Gasteiger partial charge in [-0.25, -0.2) is 14.2 Å². The van der Waals surface area contributed by atoms with Crippen LogP contribution in [0, 0.1) is 5.92 Å². The number of benzene rings is 1. The average Bonchev–Trinajstić information content (AvgIpc) is 2.96. The van der Waals surface area contributed by atoms with Gasteiger partial charge in [0.2, 0.25) is 0 Å². The lowest BCUT2D eigenvalue weighted by atomic mass is 9.93. The standard InChI is InChI=1S/C20H27N3O4/c24-18-8-4-1-5-15(18)21-19(25)23-17-7-3-2-6-16(17)22(20(23)26)13-14-9-11-27-12-10-14/h2-3,6-7,14-15,18,24H,1,4-5,8-13H2,(H,21,25)/t15-,18-/m0/s1. The number of amides is 1. The van der Waals surface area contributed by atoms with Gasteiger partial charge in [-0.05, 0) is 43.7 Å². The fourth-order valence-corrected chi connectivity index (χ4v) is 4.27. The van der Waals surface area contributed by atoms with Gasteiger partial charge in [-0.2, -0.15) is 0 Å². The predicted octanol–water partition coefficient (Wildman–Crippen LogP) is 2.09. The first kappa shape index (κ1) is 18.3. The van der Waals surface area contributed by atoms with Crippen LogP contribution in [0.1, 0.15) is 38.5 Å². The maximum Gasteiger partial charge on any atom is 0.337 e. The number of nitrogens with one attached hydrogen (secondary N) is 1. The molecule has 0 spiro atoms. The molecule has 0 bridgehead atoms. The first-order chi connectivity index (χ1) is 13.1. The number of imidazole rings is 1. The summed E-state index contributed by atoms with van der Waals surface area (Å²) in [5.74, 6) is 0.374. The van der Waals surface area contributed by atoms with Crippen molar-refractivity contribution in [3.63, 3.8) is 0 Å². The minimum atomic E-state index is -0.547. The van der Waals surface area contributed by atoms with Gasteiger partial charge in [-0.15, -0.1) is 0 Å². The third kappa shape index (κ3) is 3.66. The summed E-state index contributed by atoms with van der Waals surface area (Å²) >= 11 is 0. The Hall–Kier alpha value is -2.12. The van der Waals surface area contributed by atoms with E-state index >= 15 is 0 Å². The molecular formula is C20H27N3O4. The first-order valence-electron chi connectivity index (χ1n) is 9.92. The lowest BCUT2D eigenvalue weighted by molar-refractivity contribution is 0.0613. The summed E-state index contributed by atoms with van der Waals surface area (Å²) in [7, 11) is 0. The Morgan fingerprint density at radius 1 is 1.11 bits per heavy atom. The number of hydrogen-bond donors (Lipinski definition) is 2. The van der Waals surface area contributed by atoms with E-state index in [4.69, 9.17) is 4.74 Å². The number of nitrogens with zero attached hydrogens (tertiary/aromatic N) is 2. The topological polar surface area (TPSA) is 85.5 Å². The highest BCUT2D eigenvalue weighted by Crippen LogP contribution is 2.21. The molecule has 2 aliphatic rings. The Balaban J connectivity index is 1.65. The van der Waals surface area contributed by atoms with Crippen molar-refractivity contribution in [3.05, 3.63) is 34.7 Å². The lowest BCUT2D eigenvalue weighted by Crippen LogP contribution is -2.48. The van der Waals surface area contributed by atoms with E-state index in [1.807, 2.05) is 18.2 Å². The van der Waals surface area contributed by atoms with Crippen LogP contribution in [0.4, 0.5) is 4.79 Å². The van der Waals surface area contributed by atoms with Crippen molar-refractivity contribution < 1.29 is 14.6 Å². The Morgan fingerprint density at radius 2 is 1.81 bits per heavy atom. The minimum Gasteiger partial charge on any atom is -0.391 e. The van der Waals surface area contributed by atoms with E-state index in [1.54, 1.807) is 10.6 Å². The smallest absolute Gasteiger partial charge is 0.337 e. The fraction of sp³-hybridized carbons (Fsp3) is 0.600. The maximum absolute atomic E-state index is 13.1. The minimum absolute atomic E-state index is 0.296. The van der Waals surface area contributed by atoms with Crippen LogP contribution >= 0.6 is 0 Å². The summed E-state index contributed by atoms with van der Waals surface area (Å²) in [6.07, 6.45) is 4.67. The second-order valence-electron chi connectivity index (χ2n) is 7.68. The SMILES string of the molecule is O=C(N[C@H]1CCCC[C@@H]1O)n1c(=O)n(CC2CCOCC2)c2ccccc21. The highest BCUT2D eigenvalue weighted by Gasteiger charge is 2.27. The number of aliphatic hydroxyl groups is 1. The molecule has 2 atom stereocenters. The van der Waals surface area contributed by atoms with Crippen molar-refractivity contribution in [2.75, 3.05) is 13.2 Å².